The summed E-state index contributed by atoms with van der Waals surface area (Å²) in [4.78, 5) is 10.9. The minimum Gasteiger partial charge on any atom is -0.480 e. The van der Waals surface area contributed by atoms with Gasteiger partial charge in [-0.25, -0.2) is 0 Å². The molecule has 0 unspecified atom stereocenters. The summed E-state index contributed by atoms with van der Waals surface area (Å²) >= 11 is 0. The lowest BCUT2D eigenvalue weighted by Crippen LogP contribution is -2.32. The van der Waals surface area contributed by atoms with Crippen molar-refractivity contribution < 1.29 is 9.90 Å². The van der Waals surface area contributed by atoms with Gasteiger partial charge in [0.25, 0.3) is 0 Å². The van der Waals surface area contributed by atoms with E-state index in [-0.39, 0.29) is 0 Å². The predicted molar refractivity (Wildman–Crippen MR) is 80.6 cm³/mol. The van der Waals surface area contributed by atoms with Crippen molar-refractivity contribution in [3.8, 4) is 11.1 Å². The molecule has 0 aromatic heterocycles. The van der Waals surface area contributed by atoms with E-state index in [1.165, 1.54) is 5.56 Å². The molecule has 3 nitrogen and oxygen atoms in total. The molecule has 3 N–H and O–H groups in total. The molecular formula is C17H19NO2. The molecule has 3 heteroatoms. The molecule has 0 spiro atoms. The first kappa shape index (κ1) is 14.3. The van der Waals surface area contributed by atoms with Gasteiger partial charge in [0.05, 0.1) is 0 Å². The van der Waals surface area contributed by atoms with Crippen molar-refractivity contribution >= 4 is 5.97 Å². The Kier molecular flexibility index (Phi) is 4.53. The molecule has 0 aliphatic heterocycles. The van der Waals surface area contributed by atoms with E-state index < -0.39 is 12.0 Å². The van der Waals surface area contributed by atoms with Crippen LogP contribution in [0.3, 0.4) is 0 Å². The minimum atomic E-state index is -0.969. The Balaban J connectivity index is 2.44. The highest BCUT2D eigenvalue weighted by molar-refractivity contribution is 5.76. The molecule has 2 rings (SSSR count). The fraction of sp³-hybridized carbons (Fsp3) is 0.235. The number of hydrogen-bond acceptors (Lipinski definition) is 2. The smallest absolute Gasteiger partial charge is 0.320 e. The van der Waals surface area contributed by atoms with Gasteiger partial charge in [0.1, 0.15) is 6.04 Å². The quantitative estimate of drug-likeness (QED) is 0.877. The summed E-state index contributed by atoms with van der Waals surface area (Å²) in [6, 6.07) is 15.2. The molecule has 2 aromatic rings. The number of aryl methyl sites for hydroxylation is 1. The second-order valence-corrected chi connectivity index (χ2v) is 4.82. The van der Waals surface area contributed by atoms with Crippen LogP contribution in [0.25, 0.3) is 11.1 Å². The van der Waals surface area contributed by atoms with Crippen LogP contribution in [0, 0.1) is 0 Å². The van der Waals surface area contributed by atoms with E-state index in [2.05, 4.69) is 19.1 Å². The highest BCUT2D eigenvalue weighted by Gasteiger charge is 2.15. The van der Waals surface area contributed by atoms with Crippen LogP contribution in [0.2, 0.25) is 0 Å². The molecule has 0 aliphatic rings. The molecule has 0 saturated carbocycles. The van der Waals surface area contributed by atoms with Crippen molar-refractivity contribution in [1.29, 1.82) is 0 Å². The highest BCUT2D eigenvalue weighted by Crippen LogP contribution is 2.28. The number of rotatable bonds is 5. The molecule has 0 aliphatic carbocycles. The number of carbonyl (C=O) groups is 1. The van der Waals surface area contributed by atoms with Gasteiger partial charge in [0, 0.05) is 0 Å². The van der Waals surface area contributed by atoms with Gasteiger partial charge in [0.15, 0.2) is 0 Å². The lowest BCUT2D eigenvalue weighted by atomic mass is 9.91. The largest absolute Gasteiger partial charge is 0.480 e. The van der Waals surface area contributed by atoms with Gasteiger partial charge in [-0.05, 0) is 35.1 Å². The van der Waals surface area contributed by atoms with E-state index in [4.69, 9.17) is 10.8 Å². The molecule has 1 atom stereocenters. The first-order valence-electron chi connectivity index (χ1n) is 6.78. The van der Waals surface area contributed by atoms with Crippen molar-refractivity contribution in [3.05, 3.63) is 59.7 Å². The van der Waals surface area contributed by atoms with E-state index in [1.807, 2.05) is 36.4 Å². The maximum atomic E-state index is 10.9. The van der Waals surface area contributed by atoms with Crippen LogP contribution >= 0.6 is 0 Å². The van der Waals surface area contributed by atoms with Crippen molar-refractivity contribution in [1.82, 2.24) is 0 Å². The molecule has 0 saturated heterocycles. The number of hydrogen-bond donors (Lipinski definition) is 2. The number of benzene rings is 2. The van der Waals surface area contributed by atoms with Crippen LogP contribution in [-0.4, -0.2) is 17.1 Å². The van der Waals surface area contributed by atoms with Crippen LogP contribution < -0.4 is 5.73 Å². The van der Waals surface area contributed by atoms with Crippen molar-refractivity contribution in [2.75, 3.05) is 0 Å². The molecular weight excluding hydrogens is 250 g/mol. The lowest BCUT2D eigenvalue weighted by molar-refractivity contribution is -0.138. The van der Waals surface area contributed by atoms with Crippen LogP contribution in [0.5, 0.6) is 0 Å². The zero-order valence-corrected chi connectivity index (χ0v) is 11.5. The summed E-state index contributed by atoms with van der Waals surface area (Å²) in [5.41, 5.74) is 10.1. The fourth-order valence-electron chi connectivity index (χ4n) is 2.38. The van der Waals surface area contributed by atoms with E-state index in [0.29, 0.717) is 6.42 Å². The molecule has 20 heavy (non-hydrogen) atoms. The second-order valence-electron chi connectivity index (χ2n) is 4.82. The first-order valence-corrected chi connectivity index (χ1v) is 6.78. The Morgan fingerprint density at radius 1 is 1.05 bits per heavy atom. The monoisotopic (exact) mass is 269 g/mol. The molecule has 0 heterocycles. The van der Waals surface area contributed by atoms with Gasteiger partial charge in [0.2, 0.25) is 0 Å². The fourth-order valence-corrected chi connectivity index (χ4v) is 2.38. The summed E-state index contributed by atoms with van der Waals surface area (Å²) < 4.78 is 0. The lowest BCUT2D eigenvalue weighted by Gasteiger charge is -2.14. The average molecular weight is 269 g/mol. The van der Waals surface area contributed by atoms with E-state index in [0.717, 1.165) is 23.1 Å². The molecule has 0 amide bonds. The summed E-state index contributed by atoms with van der Waals surface area (Å²) in [5, 5.41) is 8.98. The number of aliphatic carboxylic acids is 1. The molecule has 0 bridgehead atoms. The minimum absolute atomic E-state index is 0.337. The van der Waals surface area contributed by atoms with Crippen molar-refractivity contribution in [3.63, 3.8) is 0 Å². The molecule has 0 fully saturated rings. The van der Waals surface area contributed by atoms with Crippen LogP contribution in [0.15, 0.2) is 48.5 Å². The normalized spacial score (nSPS) is 12.1. The number of carboxylic acid groups (broad SMARTS) is 1. The second kappa shape index (κ2) is 6.35. The first-order chi connectivity index (χ1) is 9.63. The summed E-state index contributed by atoms with van der Waals surface area (Å²) in [7, 11) is 0. The van der Waals surface area contributed by atoms with E-state index in [1.54, 1.807) is 0 Å². The van der Waals surface area contributed by atoms with Crippen molar-refractivity contribution in [2.24, 2.45) is 5.73 Å². The Labute approximate surface area is 119 Å². The third-order valence-corrected chi connectivity index (χ3v) is 3.46. The zero-order chi connectivity index (χ0) is 14.5. The maximum absolute atomic E-state index is 10.9. The Bertz CT molecular complexity index is 607. The van der Waals surface area contributed by atoms with Crippen LogP contribution in [0.1, 0.15) is 18.1 Å². The number of nitrogens with two attached hydrogens (primary N) is 1. The summed E-state index contributed by atoms with van der Waals surface area (Å²) in [6.07, 6.45) is 1.28. The molecule has 104 valence electrons. The van der Waals surface area contributed by atoms with E-state index >= 15 is 0 Å². The average Bonchev–Trinajstić information content (AvgIpc) is 2.47. The Morgan fingerprint density at radius 2 is 1.55 bits per heavy atom. The number of carboxylic acids is 1. The van der Waals surface area contributed by atoms with Crippen molar-refractivity contribution in [2.45, 2.75) is 25.8 Å². The summed E-state index contributed by atoms with van der Waals surface area (Å²) in [6.45, 7) is 2.12. The van der Waals surface area contributed by atoms with E-state index in [9.17, 15) is 4.79 Å². The standard InChI is InChI=1S/C17H19NO2/c1-2-12-7-3-5-9-14(12)15-10-6-4-8-13(15)11-16(18)17(19)20/h3-10,16H,2,11,18H2,1H3,(H,19,20)/t16-/m1/s1. The molecule has 0 radical (unpaired) electrons. The zero-order valence-electron chi connectivity index (χ0n) is 11.5. The SMILES string of the molecule is CCc1ccccc1-c1ccccc1C[C@@H](N)C(=O)O. The Morgan fingerprint density at radius 3 is 2.10 bits per heavy atom. The topological polar surface area (TPSA) is 63.3 Å². The summed E-state index contributed by atoms with van der Waals surface area (Å²) in [5.74, 6) is -0.969. The van der Waals surface area contributed by atoms with Gasteiger partial charge in [-0.2, -0.15) is 0 Å². The third kappa shape index (κ3) is 3.06. The highest BCUT2D eigenvalue weighted by atomic mass is 16.4. The van der Waals surface area contributed by atoms with Crippen LogP contribution in [-0.2, 0) is 17.6 Å². The van der Waals surface area contributed by atoms with Crippen LogP contribution in [0.4, 0.5) is 0 Å². The maximum Gasteiger partial charge on any atom is 0.320 e. The van der Waals surface area contributed by atoms with Gasteiger partial charge >= 0.3 is 5.97 Å². The van der Waals surface area contributed by atoms with Gasteiger partial charge in [-0.3, -0.25) is 4.79 Å². The molecule has 2 aromatic carbocycles. The van der Waals surface area contributed by atoms with Gasteiger partial charge < -0.3 is 10.8 Å². The predicted octanol–water partition coefficient (Wildman–Crippen LogP) is 2.87. The Hall–Kier alpha value is -2.13. The van der Waals surface area contributed by atoms with Gasteiger partial charge in [-0.15, -0.1) is 0 Å². The van der Waals surface area contributed by atoms with Gasteiger partial charge in [-0.1, -0.05) is 55.5 Å². The third-order valence-electron chi connectivity index (χ3n) is 3.46.